The third kappa shape index (κ3) is 4.74. The molecule has 3 aromatic rings. The van der Waals surface area contributed by atoms with E-state index in [9.17, 15) is 26.4 Å². The van der Waals surface area contributed by atoms with Crippen LogP contribution < -0.4 is 11.1 Å². The van der Waals surface area contributed by atoms with E-state index in [0.29, 0.717) is 40.7 Å². The van der Waals surface area contributed by atoms with Crippen LogP contribution in [0.5, 0.6) is 0 Å². The lowest BCUT2D eigenvalue weighted by Crippen LogP contribution is -2.32. The molecule has 4 rings (SSSR count). The smallest absolute Gasteiger partial charge is 0.382 e. The van der Waals surface area contributed by atoms with Crippen LogP contribution in [0.1, 0.15) is 23.2 Å². The molecular weight excluding hydrogens is 443 g/mol. The summed E-state index contributed by atoms with van der Waals surface area (Å²) in [6.45, 7) is -1.17. The standard InChI is InChI=1S/C22H22F3N3O3S/c23-22(24,25)13-28-19-3-1-2-18(27-16-8-10-32(30,31)11-9-16)17(19)12-20(28)14-4-6-15(7-5-14)21(26)29/h1-7,12,16,27H,8-11,13H2,(H2,26,29). The van der Waals surface area contributed by atoms with Gasteiger partial charge < -0.3 is 15.6 Å². The van der Waals surface area contributed by atoms with Gasteiger partial charge in [-0.05, 0) is 48.7 Å². The zero-order chi connectivity index (χ0) is 23.1. The molecule has 2 heterocycles. The van der Waals surface area contributed by atoms with Crippen molar-refractivity contribution in [1.29, 1.82) is 0 Å². The van der Waals surface area contributed by atoms with E-state index in [1.54, 1.807) is 36.4 Å². The van der Waals surface area contributed by atoms with Gasteiger partial charge in [0, 0.05) is 28.4 Å². The highest BCUT2D eigenvalue weighted by molar-refractivity contribution is 7.91. The Morgan fingerprint density at radius 1 is 1.09 bits per heavy atom. The molecule has 1 saturated heterocycles. The van der Waals surface area contributed by atoms with Crippen molar-refractivity contribution in [3.05, 3.63) is 54.1 Å². The van der Waals surface area contributed by atoms with E-state index in [-0.39, 0.29) is 23.1 Å². The number of rotatable bonds is 5. The highest BCUT2D eigenvalue weighted by Crippen LogP contribution is 2.35. The minimum atomic E-state index is -4.44. The first-order valence-corrected chi connectivity index (χ1v) is 11.9. The first-order valence-electron chi connectivity index (χ1n) is 10.1. The highest BCUT2D eigenvalue weighted by Gasteiger charge is 2.31. The molecule has 0 bridgehead atoms. The minimum Gasteiger partial charge on any atom is -0.382 e. The second kappa shape index (κ2) is 8.16. The predicted molar refractivity (Wildman–Crippen MR) is 117 cm³/mol. The van der Waals surface area contributed by atoms with Gasteiger partial charge in [0.15, 0.2) is 0 Å². The molecule has 6 nitrogen and oxygen atoms in total. The largest absolute Gasteiger partial charge is 0.406 e. The Morgan fingerprint density at radius 3 is 2.34 bits per heavy atom. The number of benzene rings is 2. The summed E-state index contributed by atoms with van der Waals surface area (Å²) in [6.07, 6.45) is -3.54. The van der Waals surface area contributed by atoms with Crippen LogP contribution in [0.3, 0.4) is 0 Å². The molecule has 170 valence electrons. The van der Waals surface area contributed by atoms with Gasteiger partial charge in [0.2, 0.25) is 5.91 Å². The fraction of sp³-hybridized carbons (Fsp3) is 0.318. The van der Waals surface area contributed by atoms with Gasteiger partial charge in [0.05, 0.1) is 17.0 Å². The number of amides is 1. The van der Waals surface area contributed by atoms with Crippen molar-refractivity contribution in [2.75, 3.05) is 16.8 Å². The topological polar surface area (TPSA) is 94.2 Å². The molecule has 3 N–H and O–H groups in total. The minimum absolute atomic E-state index is 0.0756. The number of carbonyl (C=O) groups is 1. The number of aromatic nitrogens is 1. The number of nitrogens with two attached hydrogens (primary N) is 1. The molecule has 32 heavy (non-hydrogen) atoms. The molecule has 10 heteroatoms. The number of sulfone groups is 1. The molecule has 2 aromatic carbocycles. The van der Waals surface area contributed by atoms with E-state index < -0.39 is 28.5 Å². The monoisotopic (exact) mass is 465 g/mol. The molecule has 0 saturated carbocycles. The summed E-state index contributed by atoms with van der Waals surface area (Å²) in [5.74, 6) is -0.436. The summed E-state index contributed by atoms with van der Waals surface area (Å²) in [6, 6.07) is 12.8. The van der Waals surface area contributed by atoms with Crippen LogP contribution in [-0.2, 0) is 16.4 Å². The quantitative estimate of drug-likeness (QED) is 0.597. The van der Waals surface area contributed by atoms with Gasteiger partial charge in [-0.15, -0.1) is 0 Å². The summed E-state index contributed by atoms with van der Waals surface area (Å²) in [5.41, 5.74) is 7.47. The number of nitrogens with zero attached hydrogens (tertiary/aromatic N) is 1. The molecule has 0 spiro atoms. The second-order valence-corrected chi connectivity index (χ2v) is 10.3. The summed E-state index contributed by atoms with van der Waals surface area (Å²) in [7, 11) is -3.02. The molecule has 1 fully saturated rings. The lowest BCUT2D eigenvalue weighted by atomic mass is 10.1. The van der Waals surface area contributed by atoms with Crippen LogP contribution in [0.2, 0.25) is 0 Å². The van der Waals surface area contributed by atoms with E-state index in [1.807, 2.05) is 0 Å². The van der Waals surface area contributed by atoms with Gasteiger partial charge in [-0.25, -0.2) is 8.42 Å². The Bertz CT molecular complexity index is 1250. The zero-order valence-electron chi connectivity index (χ0n) is 17.0. The highest BCUT2D eigenvalue weighted by atomic mass is 32.2. The number of carbonyl (C=O) groups excluding carboxylic acids is 1. The van der Waals surface area contributed by atoms with Gasteiger partial charge in [-0.1, -0.05) is 18.2 Å². The third-order valence-corrected chi connectivity index (χ3v) is 7.38. The van der Waals surface area contributed by atoms with Crippen LogP contribution >= 0.6 is 0 Å². The van der Waals surface area contributed by atoms with Gasteiger partial charge >= 0.3 is 6.18 Å². The number of primary amides is 1. The van der Waals surface area contributed by atoms with Crippen LogP contribution in [0.25, 0.3) is 22.2 Å². The van der Waals surface area contributed by atoms with Gasteiger partial charge in [0.25, 0.3) is 0 Å². The Hall–Kier alpha value is -3.01. The van der Waals surface area contributed by atoms with Crippen molar-refractivity contribution in [3.8, 4) is 11.3 Å². The zero-order valence-corrected chi connectivity index (χ0v) is 17.8. The predicted octanol–water partition coefficient (Wildman–Crippen LogP) is 3.96. The number of halogens is 3. The molecule has 0 unspecified atom stereocenters. The molecule has 0 radical (unpaired) electrons. The number of hydrogen-bond donors (Lipinski definition) is 2. The van der Waals surface area contributed by atoms with Gasteiger partial charge in [-0.3, -0.25) is 4.79 Å². The Kier molecular flexibility index (Phi) is 5.66. The SMILES string of the molecule is NC(=O)c1ccc(-c2cc3c(NC4CCS(=O)(=O)CC4)cccc3n2CC(F)(F)F)cc1. The molecule has 1 amide bonds. The van der Waals surface area contributed by atoms with Crippen LogP contribution in [-0.4, -0.2) is 42.6 Å². The first kappa shape index (κ1) is 22.2. The molecular formula is C22H22F3N3O3S. The average Bonchev–Trinajstić information content (AvgIpc) is 3.07. The molecule has 1 aliphatic rings. The second-order valence-electron chi connectivity index (χ2n) is 7.98. The first-order chi connectivity index (χ1) is 15.0. The maximum absolute atomic E-state index is 13.4. The fourth-order valence-electron chi connectivity index (χ4n) is 4.06. The summed E-state index contributed by atoms with van der Waals surface area (Å²) in [4.78, 5) is 11.3. The van der Waals surface area contributed by atoms with Crippen molar-refractivity contribution in [2.45, 2.75) is 31.6 Å². The van der Waals surface area contributed by atoms with Crippen molar-refractivity contribution < 1.29 is 26.4 Å². The molecule has 0 aliphatic carbocycles. The van der Waals surface area contributed by atoms with Gasteiger partial charge in [0.1, 0.15) is 16.4 Å². The van der Waals surface area contributed by atoms with Crippen molar-refractivity contribution >= 4 is 32.3 Å². The van der Waals surface area contributed by atoms with E-state index in [0.717, 1.165) is 0 Å². The van der Waals surface area contributed by atoms with Crippen LogP contribution in [0.15, 0.2) is 48.5 Å². The maximum atomic E-state index is 13.4. The number of hydrogen-bond acceptors (Lipinski definition) is 4. The van der Waals surface area contributed by atoms with Crippen molar-refractivity contribution in [2.24, 2.45) is 5.73 Å². The summed E-state index contributed by atoms with van der Waals surface area (Å²) >= 11 is 0. The Balaban J connectivity index is 1.76. The average molecular weight is 465 g/mol. The van der Waals surface area contributed by atoms with E-state index in [1.165, 1.54) is 16.7 Å². The number of anilines is 1. The van der Waals surface area contributed by atoms with Crippen LogP contribution in [0, 0.1) is 0 Å². The van der Waals surface area contributed by atoms with E-state index >= 15 is 0 Å². The molecule has 0 atom stereocenters. The molecule has 1 aliphatic heterocycles. The lowest BCUT2D eigenvalue weighted by molar-refractivity contribution is -0.139. The number of alkyl halides is 3. The molecule has 1 aromatic heterocycles. The van der Waals surface area contributed by atoms with E-state index in [2.05, 4.69) is 5.32 Å². The number of fused-ring (bicyclic) bond motifs is 1. The Labute approximate surface area is 183 Å². The van der Waals surface area contributed by atoms with E-state index in [4.69, 9.17) is 5.73 Å². The maximum Gasteiger partial charge on any atom is 0.406 e. The third-order valence-electron chi connectivity index (χ3n) is 5.66. The van der Waals surface area contributed by atoms with Crippen molar-refractivity contribution in [3.63, 3.8) is 0 Å². The summed E-state index contributed by atoms with van der Waals surface area (Å²) in [5, 5.41) is 3.93. The fourth-order valence-corrected chi connectivity index (χ4v) is 5.55. The van der Waals surface area contributed by atoms with Crippen molar-refractivity contribution in [1.82, 2.24) is 4.57 Å². The van der Waals surface area contributed by atoms with Gasteiger partial charge in [-0.2, -0.15) is 13.2 Å². The van der Waals surface area contributed by atoms with Crippen LogP contribution in [0.4, 0.5) is 18.9 Å². The Morgan fingerprint density at radius 2 is 1.75 bits per heavy atom. The summed E-state index contributed by atoms with van der Waals surface area (Å²) < 4.78 is 64.8. The lowest BCUT2D eigenvalue weighted by Gasteiger charge is -2.24. The normalized spacial score (nSPS) is 16.8. The number of nitrogens with one attached hydrogen (secondary N) is 1.